The summed E-state index contributed by atoms with van der Waals surface area (Å²) in [5, 5.41) is 31.1. The van der Waals surface area contributed by atoms with Crippen LogP contribution in [0.25, 0.3) is 38.9 Å². The Balaban J connectivity index is 1.69. The summed E-state index contributed by atoms with van der Waals surface area (Å²) in [4.78, 5) is 52.1. The topological polar surface area (TPSA) is 173 Å². The van der Waals surface area contributed by atoms with E-state index in [0.29, 0.717) is 39.0 Å². The molecular weight excluding hydrogens is 647 g/mol. The van der Waals surface area contributed by atoms with Gasteiger partial charge in [0.15, 0.2) is 5.65 Å². The minimum atomic E-state index is -0.995. The number of H-pyrrole nitrogens is 1. The number of hydrogen-bond donors (Lipinski definition) is 2. The van der Waals surface area contributed by atoms with E-state index >= 15 is 4.39 Å². The van der Waals surface area contributed by atoms with Gasteiger partial charge < -0.3 is 19.6 Å². The van der Waals surface area contributed by atoms with Crippen molar-refractivity contribution in [2.45, 2.75) is 66.0 Å². The summed E-state index contributed by atoms with van der Waals surface area (Å²) < 4.78 is 23.3. The number of aliphatic hydroxyl groups excluding tert-OH is 1. The molecule has 14 nitrogen and oxygen atoms in total. The largest absolute Gasteiger partial charge is 0.444 e. The van der Waals surface area contributed by atoms with Crippen LogP contribution in [-0.2, 0) is 4.74 Å². The Bertz CT molecular complexity index is 2220. The molecule has 1 saturated heterocycles. The molecule has 1 aliphatic heterocycles. The monoisotopic (exact) mass is 686 g/mol. The minimum Gasteiger partial charge on any atom is -0.444 e. The first kappa shape index (κ1) is 34.4. The zero-order chi connectivity index (χ0) is 36.2. The summed E-state index contributed by atoms with van der Waals surface area (Å²) in [6, 6.07) is 5.57. The lowest BCUT2D eigenvalue weighted by molar-refractivity contribution is -0.385. The fourth-order valence-electron chi connectivity index (χ4n) is 6.62. The number of pyridine rings is 3. The molecule has 0 unspecified atom stereocenters. The summed E-state index contributed by atoms with van der Waals surface area (Å²) in [5.41, 5.74) is 0.306. The van der Waals surface area contributed by atoms with Crippen LogP contribution in [0, 0.1) is 29.8 Å². The van der Waals surface area contributed by atoms with Crippen LogP contribution in [-0.4, -0.2) is 83.6 Å². The van der Waals surface area contributed by atoms with Crippen LogP contribution >= 0.6 is 0 Å². The highest BCUT2D eigenvalue weighted by Gasteiger charge is 2.39. The zero-order valence-electron chi connectivity index (χ0n) is 28.9. The van der Waals surface area contributed by atoms with Crippen molar-refractivity contribution >= 4 is 39.4 Å². The Kier molecular flexibility index (Phi) is 8.80. The van der Waals surface area contributed by atoms with Crippen LogP contribution < -0.4 is 10.5 Å². The molecule has 0 bridgehead atoms. The van der Waals surface area contributed by atoms with Crippen LogP contribution in [0.15, 0.2) is 41.5 Å². The first-order chi connectivity index (χ1) is 23.6. The van der Waals surface area contributed by atoms with Crippen LogP contribution in [0.4, 0.5) is 20.6 Å². The van der Waals surface area contributed by atoms with Gasteiger partial charge in [0, 0.05) is 36.8 Å². The van der Waals surface area contributed by atoms with E-state index in [1.165, 1.54) is 9.80 Å². The average Bonchev–Trinajstić information content (AvgIpc) is 3.52. The van der Waals surface area contributed by atoms with E-state index in [4.69, 9.17) is 9.72 Å². The molecular formula is C35H39FN8O6. The number of benzene rings is 1. The van der Waals surface area contributed by atoms with Gasteiger partial charge in [0.1, 0.15) is 22.8 Å². The molecule has 0 aliphatic carbocycles. The van der Waals surface area contributed by atoms with E-state index in [9.17, 15) is 24.8 Å². The number of nitrogens with zero attached hydrogens (tertiary/aromatic N) is 7. The number of amides is 1. The van der Waals surface area contributed by atoms with E-state index in [1.807, 2.05) is 19.9 Å². The number of anilines is 1. The minimum absolute atomic E-state index is 0.0169. The number of carbonyl (C=O) groups excluding carboxylic acids is 1. The molecule has 0 radical (unpaired) electrons. The van der Waals surface area contributed by atoms with E-state index in [2.05, 4.69) is 15.2 Å². The number of nitrogens with one attached hydrogen (secondary N) is 1. The average molecular weight is 687 g/mol. The first-order valence-corrected chi connectivity index (χ1v) is 16.3. The van der Waals surface area contributed by atoms with Gasteiger partial charge in [0.2, 0.25) is 0 Å². The molecule has 4 aromatic heterocycles. The van der Waals surface area contributed by atoms with Crippen LogP contribution in [0.1, 0.15) is 57.4 Å². The second kappa shape index (κ2) is 12.8. The fraction of sp³-hybridized carbons (Fsp3) is 0.400. The molecule has 2 N–H and O–H groups in total. The SMILES string of the molecule is Cc1ccnc(C(C)C)c1-n1c(=O)c([N+](=O)[O-])c(N2CCN(C(=O)OC(C)(C)C)C[C@@H]2CO)c2cc(F)c(-c3c(C)ccc4[nH]ncc34)nc21. The van der Waals surface area contributed by atoms with E-state index in [1.54, 1.807) is 59.1 Å². The summed E-state index contributed by atoms with van der Waals surface area (Å²) in [5.74, 6) is -0.984. The van der Waals surface area contributed by atoms with Gasteiger partial charge in [-0.3, -0.25) is 29.6 Å². The van der Waals surface area contributed by atoms with E-state index in [0.717, 1.165) is 10.6 Å². The zero-order valence-corrected chi connectivity index (χ0v) is 28.9. The number of piperazine rings is 1. The molecule has 6 rings (SSSR count). The molecule has 1 amide bonds. The number of carbonyl (C=O) groups is 1. The Hall–Kier alpha value is -5.44. The van der Waals surface area contributed by atoms with Gasteiger partial charge >= 0.3 is 17.3 Å². The number of fused-ring (bicyclic) bond motifs is 2. The Morgan fingerprint density at radius 2 is 1.90 bits per heavy atom. The number of aliphatic hydroxyl groups is 1. The predicted molar refractivity (Wildman–Crippen MR) is 186 cm³/mol. The molecule has 5 heterocycles. The van der Waals surface area contributed by atoms with Gasteiger partial charge in [-0.15, -0.1) is 0 Å². The third-order valence-electron chi connectivity index (χ3n) is 8.86. The highest BCUT2D eigenvalue weighted by atomic mass is 19.1. The molecule has 1 atom stereocenters. The van der Waals surface area contributed by atoms with Gasteiger partial charge in [-0.05, 0) is 69.9 Å². The highest BCUT2D eigenvalue weighted by molar-refractivity contribution is 6.00. The lowest BCUT2D eigenvalue weighted by Crippen LogP contribution is -2.57. The number of rotatable bonds is 6. The standard InChI is InChI=1S/C35H39FN8O6/c1-18(2)27-29(20(4)10-11-37-27)43-32-22(14-24(36)28(39-32)26-19(3)8-9-25-23(26)15-38-40-25)30(31(33(43)46)44(48)49)42-13-12-41(16-21(42)17-45)34(47)50-35(5,6)7/h8-11,14-15,18,21,45H,12-13,16-17H2,1-7H3,(H,38,40)/t21-/m1/s1. The number of ether oxygens (including phenoxy) is 1. The molecule has 1 aliphatic rings. The fourth-order valence-corrected chi connectivity index (χ4v) is 6.62. The molecule has 1 fully saturated rings. The first-order valence-electron chi connectivity index (χ1n) is 16.3. The lowest BCUT2D eigenvalue weighted by Gasteiger charge is -2.42. The number of hydrogen-bond acceptors (Lipinski definition) is 10. The molecule has 262 valence electrons. The number of nitro groups is 1. The molecule has 0 spiro atoms. The summed E-state index contributed by atoms with van der Waals surface area (Å²) in [6.45, 7) is 12.0. The quantitative estimate of drug-likeness (QED) is 0.171. The lowest BCUT2D eigenvalue weighted by atomic mass is 9.99. The smallest absolute Gasteiger partial charge is 0.410 e. The van der Waals surface area contributed by atoms with Crippen molar-refractivity contribution in [1.82, 2.24) is 29.6 Å². The molecule has 5 aromatic rings. The van der Waals surface area contributed by atoms with Crippen molar-refractivity contribution in [2.75, 3.05) is 31.1 Å². The number of halogens is 1. The molecule has 15 heteroatoms. The van der Waals surface area contributed by atoms with Crippen LogP contribution in [0.3, 0.4) is 0 Å². The molecule has 50 heavy (non-hydrogen) atoms. The Labute approximate surface area is 286 Å². The number of aromatic amines is 1. The highest BCUT2D eigenvalue weighted by Crippen LogP contribution is 2.40. The van der Waals surface area contributed by atoms with Crippen molar-refractivity contribution in [3.63, 3.8) is 0 Å². The van der Waals surface area contributed by atoms with Crippen molar-refractivity contribution in [1.29, 1.82) is 0 Å². The van der Waals surface area contributed by atoms with Crippen molar-refractivity contribution in [2.24, 2.45) is 0 Å². The second-order valence-corrected chi connectivity index (χ2v) is 13.8. The van der Waals surface area contributed by atoms with Crippen LogP contribution in [0.5, 0.6) is 0 Å². The molecule has 1 aromatic carbocycles. The summed E-state index contributed by atoms with van der Waals surface area (Å²) in [7, 11) is 0. The maximum absolute atomic E-state index is 16.6. The summed E-state index contributed by atoms with van der Waals surface area (Å²) in [6.07, 6.45) is 2.55. The maximum Gasteiger partial charge on any atom is 0.410 e. The van der Waals surface area contributed by atoms with Gasteiger partial charge in [-0.2, -0.15) is 5.10 Å². The predicted octanol–water partition coefficient (Wildman–Crippen LogP) is 5.53. The third-order valence-corrected chi connectivity index (χ3v) is 8.86. The van der Waals surface area contributed by atoms with Gasteiger partial charge in [-0.1, -0.05) is 19.9 Å². The van der Waals surface area contributed by atoms with Gasteiger partial charge in [0.05, 0.1) is 46.1 Å². The second-order valence-electron chi connectivity index (χ2n) is 13.8. The third kappa shape index (κ3) is 5.91. The molecule has 0 saturated carbocycles. The van der Waals surface area contributed by atoms with E-state index in [-0.39, 0.29) is 48.0 Å². The van der Waals surface area contributed by atoms with Gasteiger partial charge in [0.25, 0.3) is 0 Å². The Morgan fingerprint density at radius 1 is 1.16 bits per heavy atom. The number of aryl methyl sites for hydroxylation is 2. The van der Waals surface area contributed by atoms with Crippen molar-refractivity contribution < 1.29 is 24.0 Å². The van der Waals surface area contributed by atoms with Crippen LogP contribution in [0.2, 0.25) is 0 Å². The summed E-state index contributed by atoms with van der Waals surface area (Å²) >= 11 is 0. The van der Waals surface area contributed by atoms with Crippen molar-refractivity contribution in [3.05, 3.63) is 79.8 Å². The Morgan fingerprint density at radius 3 is 2.56 bits per heavy atom. The maximum atomic E-state index is 16.6. The normalized spacial score (nSPS) is 15.4. The van der Waals surface area contributed by atoms with Crippen molar-refractivity contribution in [3.8, 4) is 16.9 Å². The van der Waals surface area contributed by atoms with E-state index < -0.39 is 46.3 Å². The van der Waals surface area contributed by atoms with Gasteiger partial charge in [-0.25, -0.2) is 14.2 Å². The number of aromatic nitrogens is 5.